The van der Waals surface area contributed by atoms with Gasteiger partial charge < -0.3 is 22.8 Å². The third kappa shape index (κ3) is 5.93. The fourth-order valence-electron chi connectivity index (χ4n) is 3.60. The van der Waals surface area contributed by atoms with E-state index in [1.54, 1.807) is 27.7 Å². The fraction of sp³-hybridized carbons (Fsp3) is 0.947. The largest absolute Gasteiger partial charge is 0.461 e. The molecule has 0 radical (unpaired) electrons. The lowest BCUT2D eigenvalue weighted by molar-refractivity contribution is -0.142. The maximum Gasteiger partial charge on any atom is 0.360 e. The summed E-state index contributed by atoms with van der Waals surface area (Å²) in [7, 11) is -8.42. The summed E-state index contributed by atoms with van der Waals surface area (Å²) in [5.74, 6) is -0.883. The molecule has 0 bridgehead atoms. The highest BCUT2D eigenvalue weighted by molar-refractivity contribution is 7.76. The van der Waals surface area contributed by atoms with Crippen LogP contribution in [0.25, 0.3) is 0 Å². The minimum Gasteiger partial charge on any atom is -0.461 e. The second-order valence-corrected chi connectivity index (χ2v) is 11.8. The molecule has 0 N–H and O–H groups in total. The number of rotatable bonds is 16. The van der Waals surface area contributed by atoms with Gasteiger partial charge >= 0.3 is 21.2 Å². The van der Waals surface area contributed by atoms with Crippen LogP contribution in [0.5, 0.6) is 0 Å². The normalized spacial score (nSPS) is 19.5. The van der Waals surface area contributed by atoms with Gasteiger partial charge in [0.25, 0.3) is 4.90 Å². The lowest BCUT2D eigenvalue weighted by atomic mass is 10.1. The molecular weight excluding hydrogens is 418 g/mol. The first-order chi connectivity index (χ1) is 13.8. The second-order valence-electron chi connectivity index (χ2n) is 6.92. The van der Waals surface area contributed by atoms with Crippen molar-refractivity contribution in [3.05, 3.63) is 0 Å². The minimum atomic E-state index is -4.21. The van der Waals surface area contributed by atoms with Crippen LogP contribution in [-0.4, -0.2) is 43.4 Å². The summed E-state index contributed by atoms with van der Waals surface area (Å²) in [4.78, 5) is 11.0. The predicted octanol–water partition coefficient (Wildman–Crippen LogP) is 5.89. The molecule has 172 valence electrons. The topological polar surface area (TPSA) is 97.4 Å². The maximum absolute atomic E-state index is 13.8. The molecule has 8 nitrogen and oxygen atoms in total. The van der Waals surface area contributed by atoms with Crippen LogP contribution in [0.15, 0.2) is 0 Å². The van der Waals surface area contributed by atoms with Crippen molar-refractivity contribution in [2.24, 2.45) is 0 Å². The van der Waals surface area contributed by atoms with Crippen molar-refractivity contribution in [3.63, 3.8) is 0 Å². The van der Waals surface area contributed by atoms with E-state index in [1.807, 2.05) is 0 Å². The van der Waals surface area contributed by atoms with E-state index < -0.39 is 32.2 Å². The van der Waals surface area contributed by atoms with Crippen molar-refractivity contribution in [1.29, 1.82) is 0 Å². The Hall–Kier alpha value is -0.230. The SMILES string of the molecule is CCCCCCCC1CC(P(=O)(OCC)OCC)(P(=O)(OCC)OCC)C(=O)O1. The summed E-state index contributed by atoms with van der Waals surface area (Å²) in [6.45, 7) is 8.77. The van der Waals surface area contributed by atoms with Gasteiger partial charge in [-0.3, -0.25) is 13.9 Å². The zero-order valence-electron chi connectivity index (χ0n) is 18.5. The summed E-state index contributed by atoms with van der Waals surface area (Å²) in [6, 6.07) is 0. The zero-order valence-corrected chi connectivity index (χ0v) is 20.3. The van der Waals surface area contributed by atoms with Gasteiger partial charge in [-0.2, -0.15) is 0 Å². The van der Waals surface area contributed by atoms with E-state index in [0.29, 0.717) is 6.42 Å². The molecule has 1 saturated heterocycles. The Bertz CT molecular complexity index is 545. The van der Waals surface area contributed by atoms with Crippen LogP contribution in [0.1, 0.15) is 79.6 Å². The number of ether oxygens (including phenoxy) is 1. The number of cyclic esters (lactones) is 1. The standard InChI is InChI=1S/C19H38O8P2/c1-6-11-12-13-14-15-17-16-19(18(20)27-17,28(21,23-7-2)24-8-3)29(22,25-9-4)26-10-5/h17H,6-16H2,1-5H3. The van der Waals surface area contributed by atoms with E-state index in [4.69, 9.17) is 22.8 Å². The fourth-order valence-corrected chi connectivity index (χ4v) is 9.27. The zero-order chi connectivity index (χ0) is 22.0. The van der Waals surface area contributed by atoms with Crippen LogP contribution < -0.4 is 0 Å². The van der Waals surface area contributed by atoms with Crippen molar-refractivity contribution < 1.29 is 36.8 Å². The Morgan fingerprint density at radius 1 is 0.828 bits per heavy atom. The third-order valence-corrected chi connectivity index (χ3v) is 11.2. The Balaban J connectivity index is 3.29. The van der Waals surface area contributed by atoms with Gasteiger partial charge in [0.05, 0.1) is 26.4 Å². The molecule has 1 unspecified atom stereocenters. The number of hydrogen-bond donors (Lipinski definition) is 0. The van der Waals surface area contributed by atoms with Crippen LogP contribution >= 0.6 is 15.2 Å². The van der Waals surface area contributed by atoms with Crippen LogP contribution in [0.4, 0.5) is 0 Å². The van der Waals surface area contributed by atoms with Gasteiger partial charge in [0.2, 0.25) is 0 Å². The Kier molecular flexibility index (Phi) is 11.6. The van der Waals surface area contributed by atoms with Gasteiger partial charge in [-0.15, -0.1) is 0 Å². The molecule has 1 atom stereocenters. The molecule has 1 fully saturated rings. The number of esters is 1. The quantitative estimate of drug-likeness (QED) is 0.161. The molecule has 0 aromatic carbocycles. The van der Waals surface area contributed by atoms with Crippen molar-refractivity contribution in [1.82, 2.24) is 0 Å². The third-order valence-electron chi connectivity index (χ3n) is 4.84. The first-order valence-electron chi connectivity index (χ1n) is 10.8. The molecule has 1 aliphatic rings. The van der Waals surface area contributed by atoms with Gasteiger partial charge in [0.1, 0.15) is 6.10 Å². The molecule has 0 saturated carbocycles. The van der Waals surface area contributed by atoms with Gasteiger partial charge in [-0.05, 0) is 40.5 Å². The molecule has 0 aliphatic carbocycles. The van der Waals surface area contributed by atoms with Gasteiger partial charge in [0, 0.05) is 6.42 Å². The summed E-state index contributed by atoms with van der Waals surface area (Å²) < 4.78 is 55.1. The number of carbonyl (C=O) groups is 1. The van der Waals surface area contributed by atoms with E-state index in [0.717, 1.165) is 32.1 Å². The van der Waals surface area contributed by atoms with E-state index >= 15 is 0 Å². The van der Waals surface area contributed by atoms with E-state index in [9.17, 15) is 13.9 Å². The second kappa shape index (κ2) is 12.6. The van der Waals surface area contributed by atoms with Crippen LogP contribution in [0, 0.1) is 0 Å². The first-order valence-corrected chi connectivity index (χ1v) is 13.9. The van der Waals surface area contributed by atoms with E-state index in [2.05, 4.69) is 6.92 Å². The van der Waals surface area contributed by atoms with Crippen LogP contribution in [0.3, 0.4) is 0 Å². The monoisotopic (exact) mass is 456 g/mol. The van der Waals surface area contributed by atoms with Crippen molar-refractivity contribution >= 4 is 21.2 Å². The molecule has 1 aliphatic heterocycles. The average molecular weight is 456 g/mol. The Morgan fingerprint density at radius 2 is 1.28 bits per heavy atom. The molecule has 0 aromatic rings. The molecule has 0 amide bonds. The van der Waals surface area contributed by atoms with Crippen LogP contribution in [-0.2, 0) is 36.8 Å². The molecule has 29 heavy (non-hydrogen) atoms. The van der Waals surface area contributed by atoms with Gasteiger partial charge in [0.15, 0.2) is 0 Å². The summed E-state index contributed by atoms with van der Waals surface area (Å²) in [5, 5.41) is 0. The highest BCUT2D eigenvalue weighted by atomic mass is 31.2. The van der Waals surface area contributed by atoms with Gasteiger partial charge in [-0.25, -0.2) is 0 Å². The summed E-state index contributed by atoms with van der Waals surface area (Å²) in [6.07, 6.45) is 5.25. The molecule has 0 spiro atoms. The predicted molar refractivity (Wildman–Crippen MR) is 112 cm³/mol. The van der Waals surface area contributed by atoms with Crippen molar-refractivity contribution in [2.45, 2.75) is 90.6 Å². The maximum atomic E-state index is 13.8. The average Bonchev–Trinajstić information content (AvgIpc) is 3.01. The number of carbonyl (C=O) groups excluding carboxylic acids is 1. The molecule has 10 heteroatoms. The highest BCUT2D eigenvalue weighted by Crippen LogP contribution is 2.81. The Morgan fingerprint density at radius 3 is 1.69 bits per heavy atom. The minimum absolute atomic E-state index is 0.0201. The lowest BCUT2D eigenvalue weighted by Gasteiger charge is -2.36. The number of hydrogen-bond acceptors (Lipinski definition) is 8. The summed E-state index contributed by atoms with van der Waals surface area (Å²) >= 11 is 0. The van der Waals surface area contributed by atoms with Crippen molar-refractivity contribution in [2.75, 3.05) is 26.4 Å². The van der Waals surface area contributed by atoms with E-state index in [1.165, 1.54) is 0 Å². The molecule has 1 rings (SSSR count). The highest BCUT2D eigenvalue weighted by Gasteiger charge is 2.75. The van der Waals surface area contributed by atoms with E-state index in [-0.39, 0.29) is 32.8 Å². The van der Waals surface area contributed by atoms with Crippen molar-refractivity contribution in [3.8, 4) is 0 Å². The molecule has 1 heterocycles. The first kappa shape index (κ1) is 26.8. The van der Waals surface area contributed by atoms with Crippen LogP contribution in [0.2, 0.25) is 0 Å². The lowest BCUT2D eigenvalue weighted by Crippen LogP contribution is -2.38. The molecular formula is C19H38O8P2. The molecule has 0 aromatic heterocycles. The van der Waals surface area contributed by atoms with Gasteiger partial charge in [-0.1, -0.05) is 32.6 Å². The number of unbranched alkanes of at least 4 members (excludes halogenated alkanes) is 4. The smallest absolute Gasteiger partial charge is 0.360 e. The summed E-state index contributed by atoms with van der Waals surface area (Å²) in [5.41, 5.74) is 0. The Labute approximate surface area is 175 Å².